The lowest BCUT2D eigenvalue weighted by molar-refractivity contribution is 0.0934. The molecule has 0 radical (unpaired) electrons. The number of nitrogens with zero attached hydrogens (tertiary/aromatic N) is 5. The minimum absolute atomic E-state index is 0.0755. The Hall–Kier alpha value is -3.50. The Balaban J connectivity index is 1.56. The van der Waals surface area contributed by atoms with Gasteiger partial charge in [0.05, 0.1) is 44.3 Å². The number of amides is 1. The summed E-state index contributed by atoms with van der Waals surface area (Å²) in [5.41, 5.74) is 1.93. The van der Waals surface area contributed by atoms with Gasteiger partial charge in [0.1, 0.15) is 22.4 Å². The maximum Gasteiger partial charge on any atom is 0.270 e. The Morgan fingerprint density at radius 3 is 2.54 bits per heavy atom. The first-order valence-corrected chi connectivity index (χ1v) is 11.7. The van der Waals surface area contributed by atoms with E-state index in [9.17, 15) is 4.79 Å². The Morgan fingerprint density at radius 2 is 1.89 bits per heavy atom. The molecule has 1 amide bonds. The van der Waals surface area contributed by atoms with Gasteiger partial charge >= 0.3 is 0 Å². The Morgan fingerprint density at radius 1 is 1.09 bits per heavy atom. The lowest BCUT2D eigenvalue weighted by atomic mass is 10.1. The fourth-order valence-electron chi connectivity index (χ4n) is 3.58. The third-order valence-corrected chi connectivity index (χ3v) is 5.86. The van der Waals surface area contributed by atoms with Gasteiger partial charge in [-0.1, -0.05) is 17.7 Å². The quantitative estimate of drug-likeness (QED) is 0.451. The molecule has 4 rings (SSSR count). The number of nitrogens with one attached hydrogen (secondary N) is 2. The Bertz CT molecular complexity index is 1140. The molecule has 3 aromatic rings. The van der Waals surface area contributed by atoms with E-state index in [-0.39, 0.29) is 18.0 Å². The molecular formula is C24H28ClN7O3. The maximum atomic E-state index is 12.8. The summed E-state index contributed by atoms with van der Waals surface area (Å²) in [4.78, 5) is 32.7. The van der Waals surface area contributed by atoms with Crippen LogP contribution in [0.2, 0.25) is 5.15 Å². The minimum atomic E-state index is -0.387. The molecule has 0 unspecified atom stereocenters. The van der Waals surface area contributed by atoms with Crippen LogP contribution in [-0.4, -0.2) is 59.3 Å². The molecule has 1 aliphatic rings. The average Bonchev–Trinajstić information content (AvgIpc) is 2.89. The lowest BCUT2D eigenvalue weighted by Gasteiger charge is -2.28. The first-order valence-electron chi connectivity index (χ1n) is 11.3. The highest BCUT2D eigenvalue weighted by Gasteiger charge is 2.20. The molecule has 11 heteroatoms. The van der Waals surface area contributed by atoms with Gasteiger partial charge in [-0.2, -0.15) is 4.98 Å². The summed E-state index contributed by atoms with van der Waals surface area (Å²) in [6.45, 7) is 6.49. The van der Waals surface area contributed by atoms with Gasteiger partial charge in [0.15, 0.2) is 0 Å². The first-order chi connectivity index (χ1) is 16.9. The number of ether oxygens (including phenoxy) is 2. The zero-order valence-corrected chi connectivity index (χ0v) is 20.6. The molecule has 2 atom stereocenters. The summed E-state index contributed by atoms with van der Waals surface area (Å²) in [6.07, 6.45) is 3.24. The second-order valence-corrected chi connectivity index (χ2v) is 8.52. The first kappa shape index (κ1) is 24.6. The second-order valence-electron chi connectivity index (χ2n) is 8.14. The second kappa shape index (κ2) is 11.3. The van der Waals surface area contributed by atoms with Crippen molar-refractivity contribution in [1.82, 2.24) is 25.3 Å². The monoisotopic (exact) mass is 497 g/mol. The molecule has 1 saturated heterocycles. The maximum absolute atomic E-state index is 12.8. The fraction of sp³-hybridized carbons (Fsp3) is 0.375. The lowest BCUT2D eigenvalue weighted by Crippen LogP contribution is -2.38. The largest absolute Gasteiger partial charge is 0.495 e. The number of halogens is 1. The van der Waals surface area contributed by atoms with Crippen LogP contribution in [-0.2, 0) is 4.74 Å². The van der Waals surface area contributed by atoms with Crippen LogP contribution >= 0.6 is 11.6 Å². The number of aromatic nitrogens is 4. The number of hydrogen-bond donors (Lipinski definition) is 2. The van der Waals surface area contributed by atoms with E-state index < -0.39 is 0 Å². The number of anilines is 2. The number of carbonyl (C=O) groups is 1. The van der Waals surface area contributed by atoms with Gasteiger partial charge in [-0.25, -0.2) is 15.0 Å². The van der Waals surface area contributed by atoms with E-state index in [0.717, 1.165) is 5.56 Å². The molecule has 1 aliphatic heterocycles. The smallest absolute Gasteiger partial charge is 0.270 e. The number of carbonyl (C=O) groups excluding carboxylic acids is 1. The molecule has 0 spiro atoms. The zero-order chi connectivity index (χ0) is 24.8. The highest BCUT2D eigenvalue weighted by atomic mass is 35.5. The highest BCUT2D eigenvalue weighted by molar-refractivity contribution is 6.29. The van der Waals surface area contributed by atoms with Crippen molar-refractivity contribution >= 4 is 29.3 Å². The fourth-order valence-corrected chi connectivity index (χ4v) is 3.69. The van der Waals surface area contributed by atoms with Crippen molar-refractivity contribution in [3.63, 3.8) is 0 Å². The van der Waals surface area contributed by atoms with E-state index >= 15 is 0 Å². The topological polar surface area (TPSA) is 114 Å². The highest BCUT2D eigenvalue weighted by Crippen LogP contribution is 2.24. The van der Waals surface area contributed by atoms with Gasteiger partial charge in [-0.05, 0) is 37.6 Å². The van der Waals surface area contributed by atoms with E-state index in [1.807, 2.05) is 26.0 Å². The van der Waals surface area contributed by atoms with Crippen LogP contribution in [0.5, 0.6) is 5.75 Å². The zero-order valence-electron chi connectivity index (χ0n) is 19.9. The van der Waals surface area contributed by atoms with Crippen LogP contribution in [0.15, 0.2) is 42.7 Å². The summed E-state index contributed by atoms with van der Waals surface area (Å²) >= 11 is 5.93. The van der Waals surface area contributed by atoms with Crippen molar-refractivity contribution in [3.05, 3.63) is 64.8 Å². The van der Waals surface area contributed by atoms with Crippen LogP contribution < -0.4 is 20.3 Å². The Kier molecular flexibility index (Phi) is 7.94. The summed E-state index contributed by atoms with van der Waals surface area (Å²) < 4.78 is 10.6. The predicted octanol–water partition coefficient (Wildman–Crippen LogP) is 3.43. The van der Waals surface area contributed by atoms with Gasteiger partial charge in [-0.3, -0.25) is 4.79 Å². The van der Waals surface area contributed by atoms with Crippen molar-refractivity contribution in [3.8, 4) is 5.75 Å². The van der Waals surface area contributed by atoms with E-state index in [2.05, 4.69) is 25.5 Å². The van der Waals surface area contributed by atoms with Gasteiger partial charge in [0.25, 0.3) is 5.91 Å². The number of pyridine rings is 2. The van der Waals surface area contributed by atoms with E-state index in [1.165, 1.54) is 6.20 Å². The third-order valence-electron chi connectivity index (χ3n) is 5.64. The average molecular weight is 498 g/mol. The molecule has 10 nitrogen and oxygen atoms in total. The van der Waals surface area contributed by atoms with Crippen molar-refractivity contribution < 1.29 is 14.3 Å². The van der Waals surface area contributed by atoms with Crippen molar-refractivity contribution in [2.75, 3.05) is 43.6 Å². The SMILES string of the molecule is COc1ccc(C(=O)N[C@@H](C)c2cc(N[C@H](C)c3ccc(Cl)nc3)nc(N3CCOCC3)n2)nc1. The number of methoxy groups -OCH3 is 1. The predicted molar refractivity (Wildman–Crippen MR) is 133 cm³/mol. The normalized spacial score (nSPS) is 15.3. The Labute approximate surface area is 209 Å². The van der Waals surface area contributed by atoms with Crippen molar-refractivity contribution in [1.29, 1.82) is 0 Å². The molecule has 2 N–H and O–H groups in total. The van der Waals surface area contributed by atoms with Crippen LogP contribution in [0.25, 0.3) is 0 Å². The van der Waals surface area contributed by atoms with Crippen LogP contribution in [0.3, 0.4) is 0 Å². The molecule has 35 heavy (non-hydrogen) atoms. The molecule has 184 valence electrons. The van der Waals surface area contributed by atoms with Crippen LogP contribution in [0, 0.1) is 0 Å². The summed E-state index contributed by atoms with van der Waals surface area (Å²) in [5, 5.41) is 6.83. The minimum Gasteiger partial charge on any atom is -0.495 e. The number of hydrogen-bond acceptors (Lipinski definition) is 9. The number of rotatable bonds is 8. The molecule has 0 aliphatic carbocycles. The molecule has 0 bridgehead atoms. The number of morpholine rings is 1. The van der Waals surface area contributed by atoms with Gasteiger partial charge in [-0.15, -0.1) is 0 Å². The van der Waals surface area contributed by atoms with Gasteiger partial charge in [0.2, 0.25) is 5.95 Å². The third kappa shape index (κ3) is 6.34. The summed E-state index contributed by atoms with van der Waals surface area (Å²) in [7, 11) is 1.55. The molecular weight excluding hydrogens is 470 g/mol. The standard InChI is InChI=1S/C24H28ClN7O3/c1-15(17-4-7-21(25)27-13-17)28-22-12-20(30-24(31-22)32-8-10-35-11-9-32)16(2)29-23(33)19-6-5-18(34-3)14-26-19/h4-7,12-16H,8-11H2,1-3H3,(H,29,33)(H,28,30,31)/t15-,16+/m1/s1. The molecule has 3 aromatic heterocycles. The molecule has 4 heterocycles. The molecule has 1 fully saturated rings. The van der Waals surface area contributed by atoms with Crippen molar-refractivity contribution in [2.45, 2.75) is 25.9 Å². The van der Waals surface area contributed by atoms with E-state index in [4.69, 9.17) is 31.0 Å². The van der Waals surface area contributed by atoms with E-state index in [0.29, 0.717) is 60.4 Å². The van der Waals surface area contributed by atoms with Crippen molar-refractivity contribution in [2.24, 2.45) is 0 Å². The van der Waals surface area contributed by atoms with Crippen LogP contribution in [0.4, 0.5) is 11.8 Å². The van der Waals surface area contributed by atoms with Gasteiger partial charge < -0.3 is 25.0 Å². The van der Waals surface area contributed by atoms with Crippen LogP contribution in [0.1, 0.15) is 47.7 Å². The molecule has 0 saturated carbocycles. The molecule has 0 aromatic carbocycles. The van der Waals surface area contributed by atoms with E-state index in [1.54, 1.807) is 31.5 Å². The summed E-state index contributed by atoms with van der Waals surface area (Å²) in [5.74, 6) is 1.50. The van der Waals surface area contributed by atoms with Gasteiger partial charge in [0, 0.05) is 25.4 Å². The summed E-state index contributed by atoms with van der Waals surface area (Å²) in [6, 6.07) is 8.37.